The Balaban J connectivity index is 1.84. The first kappa shape index (κ1) is 13.6. The highest BCUT2D eigenvalue weighted by molar-refractivity contribution is 9.10. The predicted octanol–water partition coefficient (Wildman–Crippen LogP) is 4.67. The van der Waals surface area contributed by atoms with Gasteiger partial charge in [0.1, 0.15) is 0 Å². The maximum atomic E-state index is 12.5. The Morgan fingerprint density at radius 2 is 1.95 bits per heavy atom. The van der Waals surface area contributed by atoms with Gasteiger partial charge in [-0.25, -0.2) is 0 Å². The zero-order valence-electron chi connectivity index (χ0n) is 11.6. The number of halogens is 1. The number of ketones is 1. The molecule has 0 atom stereocenters. The fraction of sp³-hybridized carbons (Fsp3) is 0.278. The Bertz CT molecular complexity index is 673. The van der Waals surface area contributed by atoms with Gasteiger partial charge in [-0.3, -0.25) is 4.79 Å². The highest BCUT2D eigenvalue weighted by Gasteiger charge is 2.15. The van der Waals surface area contributed by atoms with Gasteiger partial charge in [-0.05, 0) is 64.4 Å². The van der Waals surface area contributed by atoms with Crippen LogP contribution in [-0.4, -0.2) is 5.78 Å². The van der Waals surface area contributed by atoms with Crippen molar-refractivity contribution in [1.29, 1.82) is 0 Å². The summed E-state index contributed by atoms with van der Waals surface area (Å²) in [5.41, 5.74) is 5.90. The highest BCUT2D eigenvalue weighted by Crippen LogP contribution is 2.25. The lowest BCUT2D eigenvalue weighted by atomic mass is 9.99. The first-order valence-electron chi connectivity index (χ1n) is 7.04. The Morgan fingerprint density at radius 1 is 1.15 bits per heavy atom. The molecule has 1 nitrogen and oxygen atoms in total. The van der Waals surface area contributed by atoms with Gasteiger partial charge in [0.15, 0.2) is 5.78 Å². The second-order valence-electron chi connectivity index (χ2n) is 5.49. The molecular weight excluding hydrogens is 312 g/mol. The Morgan fingerprint density at radius 3 is 2.80 bits per heavy atom. The number of carbonyl (C=O) groups is 1. The lowest BCUT2D eigenvalue weighted by Gasteiger charge is -2.08. The lowest BCUT2D eigenvalue weighted by molar-refractivity contribution is 0.0992. The average Bonchev–Trinajstić information content (AvgIpc) is 2.89. The summed E-state index contributed by atoms with van der Waals surface area (Å²) in [6, 6.07) is 12.4. The van der Waals surface area contributed by atoms with Crippen molar-refractivity contribution in [3.05, 3.63) is 68.7 Å². The number of hydrogen-bond acceptors (Lipinski definition) is 1. The van der Waals surface area contributed by atoms with Crippen LogP contribution in [0.3, 0.4) is 0 Å². The number of hydrogen-bond donors (Lipinski definition) is 0. The number of aryl methyl sites for hydroxylation is 3. The van der Waals surface area contributed by atoms with Gasteiger partial charge >= 0.3 is 0 Å². The van der Waals surface area contributed by atoms with Crippen molar-refractivity contribution in [2.45, 2.75) is 32.6 Å². The summed E-state index contributed by atoms with van der Waals surface area (Å²) in [6.07, 6.45) is 4.07. The van der Waals surface area contributed by atoms with E-state index in [1.807, 2.05) is 25.1 Å². The molecule has 2 aromatic rings. The molecule has 0 fully saturated rings. The third kappa shape index (κ3) is 2.57. The number of Topliss-reactive ketones (excluding diaryl/α,β-unsaturated/α-hetero) is 1. The molecule has 1 aliphatic rings. The SMILES string of the molecule is Cc1cccc(C(=O)Cc2ccc3c(c2)CCC3)c1Br. The van der Waals surface area contributed by atoms with Gasteiger partial charge in [-0.2, -0.15) is 0 Å². The fourth-order valence-corrected chi connectivity index (χ4v) is 3.36. The summed E-state index contributed by atoms with van der Waals surface area (Å²) in [6.45, 7) is 2.01. The molecular formula is C18H17BrO. The monoisotopic (exact) mass is 328 g/mol. The van der Waals surface area contributed by atoms with Gasteiger partial charge in [0.25, 0.3) is 0 Å². The summed E-state index contributed by atoms with van der Waals surface area (Å²) in [7, 11) is 0. The molecule has 20 heavy (non-hydrogen) atoms. The van der Waals surface area contributed by atoms with Crippen molar-refractivity contribution < 1.29 is 4.79 Å². The number of rotatable bonds is 3. The van der Waals surface area contributed by atoms with Gasteiger partial charge in [0.05, 0.1) is 0 Å². The molecule has 0 N–H and O–H groups in total. The van der Waals surface area contributed by atoms with Gasteiger partial charge in [-0.15, -0.1) is 0 Å². The van der Waals surface area contributed by atoms with Gasteiger partial charge < -0.3 is 0 Å². The molecule has 2 heteroatoms. The van der Waals surface area contributed by atoms with Crippen molar-refractivity contribution in [3.8, 4) is 0 Å². The van der Waals surface area contributed by atoms with Crippen molar-refractivity contribution >= 4 is 21.7 Å². The van der Waals surface area contributed by atoms with Gasteiger partial charge in [0, 0.05) is 16.5 Å². The predicted molar refractivity (Wildman–Crippen MR) is 85.4 cm³/mol. The Hall–Kier alpha value is -1.41. The largest absolute Gasteiger partial charge is 0.294 e. The van der Waals surface area contributed by atoms with E-state index in [1.54, 1.807) is 0 Å². The van der Waals surface area contributed by atoms with Crippen LogP contribution in [0.4, 0.5) is 0 Å². The second kappa shape index (κ2) is 5.53. The molecule has 0 amide bonds. The molecule has 2 aromatic carbocycles. The van der Waals surface area contributed by atoms with E-state index in [9.17, 15) is 4.79 Å². The highest BCUT2D eigenvalue weighted by atomic mass is 79.9. The minimum atomic E-state index is 0.179. The minimum Gasteiger partial charge on any atom is -0.294 e. The van der Waals surface area contributed by atoms with Crippen LogP contribution in [0.1, 0.15) is 39.0 Å². The van der Waals surface area contributed by atoms with Gasteiger partial charge in [0.2, 0.25) is 0 Å². The van der Waals surface area contributed by atoms with E-state index in [0.717, 1.165) is 27.6 Å². The van der Waals surface area contributed by atoms with E-state index in [-0.39, 0.29) is 5.78 Å². The number of fused-ring (bicyclic) bond motifs is 1. The maximum absolute atomic E-state index is 12.5. The van der Waals surface area contributed by atoms with Crippen molar-refractivity contribution in [3.63, 3.8) is 0 Å². The summed E-state index contributed by atoms with van der Waals surface area (Å²) >= 11 is 3.52. The third-order valence-electron chi connectivity index (χ3n) is 4.02. The molecule has 0 spiro atoms. The van der Waals surface area contributed by atoms with E-state index in [4.69, 9.17) is 0 Å². The molecule has 0 radical (unpaired) electrons. The Kier molecular flexibility index (Phi) is 3.75. The van der Waals surface area contributed by atoms with Crippen molar-refractivity contribution in [1.82, 2.24) is 0 Å². The zero-order chi connectivity index (χ0) is 14.1. The van der Waals surface area contributed by atoms with E-state index < -0.39 is 0 Å². The van der Waals surface area contributed by atoms with E-state index in [1.165, 1.54) is 24.0 Å². The average molecular weight is 329 g/mol. The summed E-state index contributed by atoms with van der Waals surface area (Å²) < 4.78 is 0.922. The van der Waals surface area contributed by atoms with Crippen LogP contribution in [0.15, 0.2) is 40.9 Å². The molecule has 0 saturated heterocycles. The molecule has 102 valence electrons. The van der Waals surface area contributed by atoms with Crippen LogP contribution in [0.5, 0.6) is 0 Å². The first-order valence-corrected chi connectivity index (χ1v) is 7.83. The minimum absolute atomic E-state index is 0.179. The zero-order valence-corrected chi connectivity index (χ0v) is 13.2. The molecule has 0 unspecified atom stereocenters. The number of benzene rings is 2. The molecule has 1 aliphatic carbocycles. The summed E-state index contributed by atoms with van der Waals surface area (Å²) in [5.74, 6) is 0.179. The van der Waals surface area contributed by atoms with Crippen LogP contribution in [0.2, 0.25) is 0 Å². The van der Waals surface area contributed by atoms with E-state index >= 15 is 0 Å². The second-order valence-corrected chi connectivity index (χ2v) is 6.29. The molecule has 0 bridgehead atoms. The van der Waals surface area contributed by atoms with E-state index in [0.29, 0.717) is 6.42 Å². The summed E-state index contributed by atoms with van der Waals surface area (Å²) in [4.78, 5) is 12.5. The standard InChI is InChI=1S/C18H17BrO/c1-12-4-2-7-16(18(12)19)17(20)11-13-8-9-14-5-3-6-15(14)10-13/h2,4,7-10H,3,5-6,11H2,1H3. The van der Waals surface area contributed by atoms with Crippen LogP contribution >= 0.6 is 15.9 Å². The number of carbonyl (C=O) groups excluding carboxylic acids is 1. The molecule has 0 heterocycles. The van der Waals surface area contributed by atoms with Crippen molar-refractivity contribution in [2.75, 3.05) is 0 Å². The first-order chi connectivity index (χ1) is 9.65. The third-order valence-corrected chi connectivity index (χ3v) is 5.07. The normalized spacial score (nSPS) is 13.3. The Labute approximate surface area is 128 Å². The van der Waals surface area contributed by atoms with Crippen LogP contribution < -0.4 is 0 Å². The smallest absolute Gasteiger partial charge is 0.168 e. The fourth-order valence-electron chi connectivity index (χ4n) is 2.88. The van der Waals surface area contributed by atoms with Crippen LogP contribution in [-0.2, 0) is 19.3 Å². The van der Waals surface area contributed by atoms with Crippen LogP contribution in [0.25, 0.3) is 0 Å². The molecule has 3 rings (SSSR count). The van der Waals surface area contributed by atoms with Crippen molar-refractivity contribution in [2.24, 2.45) is 0 Å². The molecule has 0 aliphatic heterocycles. The summed E-state index contributed by atoms with van der Waals surface area (Å²) in [5, 5.41) is 0. The quantitative estimate of drug-likeness (QED) is 0.748. The lowest BCUT2D eigenvalue weighted by Crippen LogP contribution is -2.05. The van der Waals surface area contributed by atoms with E-state index in [2.05, 4.69) is 34.1 Å². The maximum Gasteiger partial charge on any atom is 0.168 e. The topological polar surface area (TPSA) is 17.1 Å². The molecule has 0 saturated carbocycles. The van der Waals surface area contributed by atoms with Gasteiger partial charge in [-0.1, -0.05) is 36.4 Å². The van der Waals surface area contributed by atoms with Crippen LogP contribution in [0, 0.1) is 6.92 Å². The molecule has 0 aromatic heterocycles.